The second-order valence-corrected chi connectivity index (χ2v) is 11.2. The minimum Gasteiger partial charge on any atom is -0.394 e. The van der Waals surface area contributed by atoms with E-state index in [2.05, 4.69) is 0 Å². The molecule has 4 aliphatic rings. The van der Waals surface area contributed by atoms with Crippen LogP contribution in [-0.4, -0.2) is 172 Å². The summed E-state index contributed by atoms with van der Waals surface area (Å²) in [6, 6.07) is -4.18. The first-order valence-corrected chi connectivity index (χ1v) is 13.9. The lowest BCUT2D eigenvalue weighted by Crippen LogP contribution is -2.68. The highest BCUT2D eigenvalue weighted by Crippen LogP contribution is 2.34. The summed E-state index contributed by atoms with van der Waals surface area (Å²) in [5.41, 5.74) is 35.6. The molecule has 1 saturated carbocycles. The van der Waals surface area contributed by atoms with Gasteiger partial charge < -0.3 is 98.6 Å². The van der Waals surface area contributed by atoms with Crippen molar-refractivity contribution in [1.82, 2.24) is 0 Å². The van der Waals surface area contributed by atoms with Crippen LogP contribution in [0.25, 0.3) is 0 Å². The summed E-state index contributed by atoms with van der Waals surface area (Å²) in [4.78, 5) is 0. The molecule has 19 atom stereocenters. The summed E-state index contributed by atoms with van der Waals surface area (Å²) in [5.74, 6) is 0. The van der Waals surface area contributed by atoms with Gasteiger partial charge in [-0.3, -0.25) is 0 Å². The van der Waals surface area contributed by atoms with Crippen LogP contribution < -0.4 is 34.4 Å². The van der Waals surface area contributed by atoms with Crippen molar-refractivity contribution in [2.45, 2.75) is 123 Å². The minimum atomic E-state index is -1.60. The SMILES string of the molecule is NC[C@@H]1O[C@@H](O[C@H]2[C@@H](O)[C@H](OC3[C@@H](O)C(N)C[C@H](N)[C@H]3OC3O[C@H](CN)C(O)[C@H](O)[C@H]3N)O[C@@H]2CO)[C@H](N)[C@@H](O)C1O. The largest absolute Gasteiger partial charge is 0.394 e. The Labute approximate surface area is 241 Å². The van der Waals surface area contributed by atoms with Crippen molar-refractivity contribution in [1.29, 1.82) is 0 Å². The van der Waals surface area contributed by atoms with Crippen molar-refractivity contribution in [2.24, 2.45) is 34.4 Å². The Morgan fingerprint density at radius 3 is 1.45 bits per heavy atom. The molecule has 0 aromatic carbocycles. The zero-order chi connectivity index (χ0) is 31.0. The molecule has 1 aliphatic carbocycles. The van der Waals surface area contributed by atoms with Crippen molar-refractivity contribution < 1.29 is 64.2 Å². The molecular formula is C23H46N6O13. The maximum atomic E-state index is 11.1. The van der Waals surface area contributed by atoms with Crippen LogP contribution in [0.4, 0.5) is 0 Å². The third-order valence-corrected chi connectivity index (χ3v) is 8.37. The number of nitrogens with two attached hydrogens (primary N) is 6. The lowest BCUT2D eigenvalue weighted by Gasteiger charge is -2.47. The molecule has 3 saturated heterocycles. The van der Waals surface area contributed by atoms with E-state index in [1.807, 2.05) is 0 Å². The van der Waals surface area contributed by atoms with Crippen LogP contribution in [0.15, 0.2) is 0 Å². The monoisotopic (exact) mass is 614 g/mol. The second kappa shape index (κ2) is 14.1. The number of hydrogen-bond donors (Lipinski definition) is 13. The van der Waals surface area contributed by atoms with Gasteiger partial charge in [-0.15, -0.1) is 0 Å². The molecule has 0 bridgehead atoms. The first-order valence-electron chi connectivity index (χ1n) is 13.9. The van der Waals surface area contributed by atoms with Gasteiger partial charge in [0.1, 0.15) is 67.1 Å². The van der Waals surface area contributed by atoms with E-state index in [0.717, 1.165) is 0 Å². The molecule has 4 rings (SSSR count). The molecule has 42 heavy (non-hydrogen) atoms. The molecule has 19 nitrogen and oxygen atoms in total. The highest BCUT2D eigenvalue weighted by atomic mass is 16.8. The molecule has 5 unspecified atom stereocenters. The Morgan fingerprint density at radius 1 is 0.524 bits per heavy atom. The van der Waals surface area contributed by atoms with E-state index >= 15 is 0 Å². The van der Waals surface area contributed by atoms with Gasteiger partial charge >= 0.3 is 0 Å². The van der Waals surface area contributed by atoms with Gasteiger partial charge in [-0.2, -0.15) is 0 Å². The second-order valence-electron chi connectivity index (χ2n) is 11.2. The van der Waals surface area contributed by atoms with Crippen molar-refractivity contribution in [3.05, 3.63) is 0 Å². The molecule has 19 N–H and O–H groups in total. The van der Waals surface area contributed by atoms with Crippen LogP contribution in [0.1, 0.15) is 6.42 Å². The minimum absolute atomic E-state index is 0.0889. The highest BCUT2D eigenvalue weighted by molar-refractivity contribution is 5.02. The summed E-state index contributed by atoms with van der Waals surface area (Å²) in [7, 11) is 0. The molecule has 0 spiro atoms. The smallest absolute Gasteiger partial charge is 0.187 e. The molecule has 3 aliphatic heterocycles. The predicted molar refractivity (Wildman–Crippen MR) is 138 cm³/mol. The van der Waals surface area contributed by atoms with Gasteiger partial charge in [0.05, 0.1) is 24.8 Å². The Bertz CT molecular complexity index is 868. The quantitative estimate of drug-likeness (QED) is 0.115. The summed E-state index contributed by atoms with van der Waals surface area (Å²) < 4.78 is 34.6. The van der Waals surface area contributed by atoms with Crippen molar-refractivity contribution >= 4 is 0 Å². The fourth-order valence-corrected chi connectivity index (χ4v) is 5.74. The topological polar surface area (TPSA) is 353 Å². The van der Waals surface area contributed by atoms with Gasteiger partial charge in [-0.05, 0) is 6.42 Å². The van der Waals surface area contributed by atoms with Gasteiger partial charge in [0.15, 0.2) is 18.9 Å². The van der Waals surface area contributed by atoms with E-state index in [9.17, 15) is 35.7 Å². The van der Waals surface area contributed by atoms with Crippen molar-refractivity contribution in [2.75, 3.05) is 19.7 Å². The standard InChI is InChI=1S/C23H46N6O13/c24-2-7-13(32)15(34)10(28)21(37-7)40-18-6(27)1-5(26)12(31)20(18)42-23-17(36)19(9(4-30)39-23)41-22-11(29)16(35)14(33)8(3-25)38-22/h5-23,30-36H,1-4,24-29H2/t5?,6-,7+,8-,9+,10+,11+,12-,13?,14?,15+,16+,17+,18+,19+,20?,21?,22-,23-/m0/s1. The maximum absolute atomic E-state index is 11.1. The van der Waals surface area contributed by atoms with Crippen LogP contribution in [0.2, 0.25) is 0 Å². The number of hydrogen-bond acceptors (Lipinski definition) is 19. The third kappa shape index (κ3) is 6.60. The van der Waals surface area contributed by atoms with Gasteiger partial charge in [0.25, 0.3) is 0 Å². The van der Waals surface area contributed by atoms with Crippen LogP contribution >= 0.6 is 0 Å². The first-order chi connectivity index (χ1) is 19.8. The Morgan fingerprint density at radius 2 is 0.976 bits per heavy atom. The van der Waals surface area contributed by atoms with E-state index in [4.69, 9.17) is 62.8 Å². The predicted octanol–water partition coefficient (Wildman–Crippen LogP) is -8.90. The molecule has 0 radical (unpaired) electrons. The van der Waals surface area contributed by atoms with Crippen LogP contribution in [0.5, 0.6) is 0 Å². The van der Waals surface area contributed by atoms with E-state index in [-0.39, 0.29) is 19.5 Å². The number of aliphatic hydroxyl groups is 7. The van der Waals surface area contributed by atoms with E-state index in [1.165, 1.54) is 0 Å². The highest BCUT2D eigenvalue weighted by Gasteiger charge is 2.54. The van der Waals surface area contributed by atoms with E-state index < -0.39 is 123 Å². The lowest BCUT2D eigenvalue weighted by molar-refractivity contribution is -0.306. The summed E-state index contributed by atoms with van der Waals surface area (Å²) >= 11 is 0. The normalized spacial score (nSPS) is 53.8. The Balaban J connectivity index is 1.50. The van der Waals surface area contributed by atoms with Gasteiger partial charge in [0, 0.05) is 25.2 Å². The molecule has 0 aromatic heterocycles. The molecule has 3 heterocycles. The number of aliphatic hydroxyl groups excluding tert-OH is 7. The molecule has 246 valence electrons. The van der Waals surface area contributed by atoms with Crippen molar-refractivity contribution in [3.63, 3.8) is 0 Å². The van der Waals surface area contributed by atoms with Crippen LogP contribution in [0.3, 0.4) is 0 Å². The molecular weight excluding hydrogens is 568 g/mol. The zero-order valence-electron chi connectivity index (χ0n) is 22.8. The average Bonchev–Trinajstić information content (AvgIpc) is 3.27. The summed E-state index contributed by atoms with van der Waals surface area (Å²) in [6.45, 7) is -0.967. The first kappa shape index (κ1) is 34.1. The van der Waals surface area contributed by atoms with Crippen molar-refractivity contribution in [3.8, 4) is 0 Å². The van der Waals surface area contributed by atoms with E-state index in [1.54, 1.807) is 0 Å². The molecule has 4 fully saturated rings. The zero-order valence-corrected chi connectivity index (χ0v) is 22.8. The number of rotatable bonds is 9. The summed E-state index contributed by atoms with van der Waals surface area (Å²) in [5, 5.41) is 73.0. The fraction of sp³-hybridized carbons (Fsp3) is 1.00. The van der Waals surface area contributed by atoms with E-state index in [0.29, 0.717) is 0 Å². The molecule has 0 aromatic rings. The fourth-order valence-electron chi connectivity index (χ4n) is 5.74. The summed E-state index contributed by atoms with van der Waals surface area (Å²) in [6.07, 6.45) is -19.8. The number of ether oxygens (including phenoxy) is 6. The molecule has 0 amide bonds. The Kier molecular flexibility index (Phi) is 11.5. The Hall–Kier alpha value is -0.760. The van der Waals surface area contributed by atoms with Crippen LogP contribution in [-0.2, 0) is 28.4 Å². The van der Waals surface area contributed by atoms with Gasteiger partial charge in [-0.1, -0.05) is 0 Å². The molecule has 19 heteroatoms. The van der Waals surface area contributed by atoms with Gasteiger partial charge in [0.2, 0.25) is 0 Å². The maximum Gasteiger partial charge on any atom is 0.187 e. The van der Waals surface area contributed by atoms with Crippen LogP contribution in [0, 0.1) is 0 Å². The average molecular weight is 615 g/mol. The lowest BCUT2D eigenvalue weighted by atomic mass is 9.84. The van der Waals surface area contributed by atoms with Gasteiger partial charge in [-0.25, -0.2) is 0 Å². The third-order valence-electron chi connectivity index (χ3n) is 8.37.